The highest BCUT2D eigenvalue weighted by molar-refractivity contribution is 7.81. The summed E-state index contributed by atoms with van der Waals surface area (Å²) in [4.78, 5) is 41.0. The topological polar surface area (TPSA) is 297 Å². The van der Waals surface area contributed by atoms with Gasteiger partial charge in [-0.1, -0.05) is 53.4 Å². The maximum atomic E-state index is 12.4. The largest absolute Gasteiger partial charge is 0.724 e. The highest BCUT2D eigenvalue weighted by atomic mass is 32.3. The third kappa shape index (κ3) is 18.6. The number of aromatic nitrogens is 4. The van der Waals surface area contributed by atoms with Crippen LogP contribution < -0.4 is 5.32 Å². The van der Waals surface area contributed by atoms with Crippen LogP contribution in [0.2, 0.25) is 0 Å². The Labute approximate surface area is 426 Å². The molecule has 5 amide bonds. The number of unbranched alkanes of at least 4 members (excludes halogenated alkanes) is 4. The molecule has 4 aliphatic heterocycles. The minimum atomic E-state index is -5.05. The van der Waals surface area contributed by atoms with Gasteiger partial charge in [-0.3, -0.25) is 4.55 Å². The molecule has 0 aromatic carbocycles. The van der Waals surface area contributed by atoms with Gasteiger partial charge in [0.25, 0.3) is 0 Å². The summed E-state index contributed by atoms with van der Waals surface area (Å²) in [5.74, 6) is 1.42. The fraction of sp³-hybridized carbons (Fsp3) is 0.844. The molecule has 4 atom stereocenters. The summed E-state index contributed by atoms with van der Waals surface area (Å²) in [6.45, 7) is 22.1. The molecular weight excluding hydrogens is 983 g/mol. The predicted octanol–water partition coefficient (Wildman–Crippen LogP) is 6.10. The van der Waals surface area contributed by atoms with E-state index in [1.54, 1.807) is 27.8 Å². The maximum Gasteiger partial charge on any atom is 0.418 e. The summed E-state index contributed by atoms with van der Waals surface area (Å²) in [7, 11) is -6.30. The summed E-state index contributed by atoms with van der Waals surface area (Å²) < 4.78 is 89.9. The Hall–Kier alpha value is -4.25. The molecule has 6 heterocycles. The van der Waals surface area contributed by atoms with Crippen LogP contribution in [0.4, 0.5) is 14.4 Å². The van der Waals surface area contributed by atoms with E-state index in [2.05, 4.69) is 62.0 Å². The molecule has 2 N–H and O–H groups in total. The molecule has 412 valence electrons. The van der Waals surface area contributed by atoms with Crippen molar-refractivity contribution in [3.8, 4) is 0 Å². The fourth-order valence-electron chi connectivity index (χ4n) is 9.14. The molecule has 4 aliphatic rings. The first-order valence-corrected chi connectivity index (χ1v) is 28.3. The van der Waals surface area contributed by atoms with Crippen LogP contribution in [0.15, 0.2) is 8.83 Å². The number of rotatable bonds is 26. The van der Waals surface area contributed by atoms with Crippen molar-refractivity contribution in [3.63, 3.8) is 0 Å². The molecule has 2 aromatic heterocycles. The molecule has 4 fully saturated rings. The second-order valence-corrected chi connectivity index (χ2v) is 21.9. The van der Waals surface area contributed by atoms with Crippen molar-refractivity contribution < 1.29 is 66.9 Å². The highest BCUT2D eigenvalue weighted by Gasteiger charge is 2.50. The number of fused-ring (bicyclic) bond motifs is 4. The lowest BCUT2D eigenvalue weighted by Gasteiger charge is -2.39. The number of carbonyl (C=O) groups excluding carboxylic acids is 3. The number of ether oxygens (including phenoxy) is 1. The second-order valence-electron chi connectivity index (χ2n) is 19.9. The second kappa shape index (κ2) is 27.9. The number of amides is 5. The van der Waals surface area contributed by atoms with Crippen molar-refractivity contribution in [2.75, 3.05) is 66.5 Å². The van der Waals surface area contributed by atoms with Crippen LogP contribution in [0.1, 0.15) is 174 Å². The van der Waals surface area contributed by atoms with Crippen molar-refractivity contribution in [2.24, 2.45) is 0 Å². The number of aryl methyl sites for hydroxylation is 2. The molecule has 0 radical (unpaired) electrons. The molecule has 0 aliphatic carbocycles. The van der Waals surface area contributed by atoms with Gasteiger partial charge in [0.1, 0.15) is 17.7 Å². The SMILES string of the molecule is CCCC[N+](CCCC)(CCCC)CCCC.CN(CCCc1nnc([C@@H]2CC[C@@H]3CN2C(=O)N3OS(=O)(=O)[O-])o1)C(=O)OC(C)(C)C.CNCCCc1nnc([C@@H]2CC[C@@H]3CN2C(=O)N3OS(=O)(=O)O)o1. The normalized spacial score (nSPS) is 20.1. The van der Waals surface area contributed by atoms with E-state index in [1.165, 1.54) is 96.7 Å². The van der Waals surface area contributed by atoms with E-state index < -0.39 is 68.7 Å². The van der Waals surface area contributed by atoms with Crippen molar-refractivity contribution in [1.29, 1.82) is 0 Å². The van der Waals surface area contributed by atoms with Gasteiger partial charge in [-0.2, -0.15) is 22.8 Å². The number of nitrogens with zero attached hydrogens (tertiary/aromatic N) is 10. The predicted molar refractivity (Wildman–Crippen MR) is 260 cm³/mol. The lowest BCUT2D eigenvalue weighted by atomic mass is 10.0. The number of hydroxylamine groups is 4. The highest BCUT2D eigenvalue weighted by Crippen LogP contribution is 2.39. The van der Waals surface area contributed by atoms with Crippen LogP contribution in [0.5, 0.6) is 0 Å². The van der Waals surface area contributed by atoms with Gasteiger partial charge >= 0.3 is 28.6 Å². The number of hydrogen-bond acceptors (Lipinski definition) is 18. The molecule has 2 aromatic rings. The molecule has 4 bridgehead atoms. The van der Waals surface area contributed by atoms with Crippen molar-refractivity contribution in [1.82, 2.24) is 50.5 Å². The van der Waals surface area contributed by atoms with Gasteiger partial charge in [0.2, 0.25) is 34.0 Å². The number of piperidine rings is 2. The molecule has 27 heteroatoms. The van der Waals surface area contributed by atoms with Crippen LogP contribution in [-0.4, -0.2) is 178 Å². The summed E-state index contributed by atoms with van der Waals surface area (Å²) in [5, 5.41) is 20.3. The minimum absolute atomic E-state index is 0.192. The number of hydrogen-bond donors (Lipinski definition) is 2. The zero-order chi connectivity index (χ0) is 53.3. The van der Waals surface area contributed by atoms with E-state index in [-0.39, 0.29) is 19.0 Å². The van der Waals surface area contributed by atoms with Crippen LogP contribution in [0.3, 0.4) is 0 Å². The van der Waals surface area contributed by atoms with Crippen LogP contribution in [0.25, 0.3) is 0 Å². The van der Waals surface area contributed by atoms with Gasteiger partial charge in [-0.15, -0.1) is 24.7 Å². The first kappa shape index (κ1) is 60.3. The summed E-state index contributed by atoms with van der Waals surface area (Å²) in [6, 6.07) is -3.29. The van der Waals surface area contributed by atoms with E-state index in [0.717, 1.165) is 13.0 Å². The summed E-state index contributed by atoms with van der Waals surface area (Å²) in [5.41, 5.74) is -0.572. The Balaban J connectivity index is 0.000000246. The van der Waals surface area contributed by atoms with Crippen LogP contribution >= 0.6 is 0 Å². The first-order chi connectivity index (χ1) is 34.0. The van der Waals surface area contributed by atoms with Gasteiger partial charge in [0, 0.05) is 39.5 Å². The van der Waals surface area contributed by atoms with E-state index >= 15 is 0 Å². The Morgan fingerprint density at radius 1 is 0.736 bits per heavy atom. The van der Waals surface area contributed by atoms with Gasteiger partial charge in [-0.25, -0.2) is 22.8 Å². The maximum absolute atomic E-state index is 12.4. The minimum Gasteiger partial charge on any atom is -0.724 e. The third-order valence-electron chi connectivity index (χ3n) is 12.9. The smallest absolute Gasteiger partial charge is 0.418 e. The molecule has 25 nitrogen and oxygen atoms in total. The summed E-state index contributed by atoms with van der Waals surface area (Å²) >= 11 is 0. The van der Waals surface area contributed by atoms with Gasteiger partial charge in [0.05, 0.1) is 38.3 Å². The summed E-state index contributed by atoms with van der Waals surface area (Å²) in [6.07, 6.45) is 15.0. The van der Waals surface area contributed by atoms with Crippen molar-refractivity contribution in [2.45, 2.75) is 181 Å². The zero-order valence-electron chi connectivity index (χ0n) is 43.8. The van der Waals surface area contributed by atoms with E-state index in [4.69, 9.17) is 18.1 Å². The average Bonchev–Trinajstić information content (AvgIpc) is 4.09. The van der Waals surface area contributed by atoms with Crippen molar-refractivity contribution >= 4 is 39.0 Å². The molecule has 6 rings (SSSR count). The Morgan fingerprint density at radius 3 is 1.56 bits per heavy atom. The lowest BCUT2D eigenvalue weighted by molar-refractivity contribution is -0.929. The quantitative estimate of drug-likeness (QED) is 0.0465. The number of nitrogens with one attached hydrogen (secondary N) is 1. The number of carbonyl (C=O) groups is 3. The van der Waals surface area contributed by atoms with E-state index in [0.29, 0.717) is 79.3 Å². The monoisotopic (exact) mass is 1060 g/mol. The Kier molecular flexibility index (Phi) is 23.3. The Morgan fingerprint density at radius 2 is 1.17 bits per heavy atom. The molecule has 0 unspecified atom stereocenters. The third-order valence-corrected chi connectivity index (χ3v) is 13.6. The molecule has 4 saturated heterocycles. The van der Waals surface area contributed by atoms with Crippen LogP contribution in [0, 0.1) is 0 Å². The van der Waals surface area contributed by atoms with Gasteiger partial charge in [-0.05, 0) is 98.6 Å². The van der Waals surface area contributed by atoms with E-state index in [9.17, 15) is 35.8 Å². The number of urea groups is 2. The molecule has 0 saturated carbocycles. The lowest BCUT2D eigenvalue weighted by Crippen LogP contribution is -2.50. The van der Waals surface area contributed by atoms with Gasteiger partial charge < -0.3 is 42.6 Å². The average molecular weight is 1060 g/mol. The molecule has 72 heavy (non-hydrogen) atoms. The van der Waals surface area contributed by atoms with Gasteiger partial charge in [0.15, 0.2) is 0 Å². The zero-order valence-corrected chi connectivity index (χ0v) is 45.5. The fourth-order valence-corrected chi connectivity index (χ4v) is 9.91. The number of quaternary nitrogens is 1. The molecule has 0 spiro atoms. The van der Waals surface area contributed by atoms with Crippen LogP contribution in [-0.2, 0) is 46.9 Å². The first-order valence-electron chi connectivity index (χ1n) is 25.6. The molecular formula is C45H81N11O14S2. The van der Waals surface area contributed by atoms with Crippen molar-refractivity contribution in [3.05, 3.63) is 23.6 Å². The van der Waals surface area contributed by atoms with E-state index in [1.807, 2.05) is 7.05 Å². The Bertz CT molecular complexity index is 2190. The standard InChI is InChI=1S/C17H27N5O8S.C16H36N.C12H19N5O6S/c1-17(2,3)29-16(24)20(4)9-5-6-13-18-19-14(28-13)12-8-7-11-10-21(12)15(23)22(11)30-31(25,26)27;1-5-9-13-17(14-10-6-2,15-11-7-3)16-12-8-4;1-13-6-2-3-10-14-15-11(22-10)9-5-4-8-7-16(9)12(18)17(8)23-24(19,20)21/h11-12H,5-10H2,1-4H3,(H,25,26,27);5-16H2,1-4H3;8-9,13H,2-7H2,1H3,(H,19,20,21)/q;+1;/p-1/t11-,12+;;8-,9+/m1.1/s1.